The Morgan fingerprint density at radius 2 is 1.96 bits per heavy atom. The van der Waals surface area contributed by atoms with Gasteiger partial charge in [0, 0.05) is 18.3 Å². The summed E-state index contributed by atoms with van der Waals surface area (Å²) in [5.41, 5.74) is 7.52. The van der Waals surface area contributed by atoms with Crippen LogP contribution in [-0.2, 0) is 0 Å². The molecule has 0 aliphatic carbocycles. The minimum absolute atomic E-state index is 0.0184. The first-order chi connectivity index (χ1) is 12.8. The maximum Gasteiger partial charge on any atom is 0.275 e. The van der Waals surface area contributed by atoms with Gasteiger partial charge >= 0.3 is 0 Å². The topological polar surface area (TPSA) is 53.9 Å². The molecule has 0 saturated heterocycles. The molecule has 1 heterocycles. The van der Waals surface area contributed by atoms with E-state index in [4.69, 9.17) is 4.74 Å². The maximum absolute atomic E-state index is 12.3. The molecule has 0 spiro atoms. The van der Waals surface area contributed by atoms with Crippen molar-refractivity contribution in [3.63, 3.8) is 0 Å². The zero-order valence-corrected chi connectivity index (χ0v) is 16.4. The molecule has 1 aliphatic heterocycles. The summed E-state index contributed by atoms with van der Waals surface area (Å²) < 4.78 is 5.21. The van der Waals surface area contributed by atoms with Crippen molar-refractivity contribution in [1.29, 1.82) is 0 Å². The molecule has 2 aromatic carbocycles. The number of hydrazone groups is 1. The molecular weight excluding hydrogens is 338 g/mol. The Kier molecular flexibility index (Phi) is 5.04. The van der Waals surface area contributed by atoms with Crippen LogP contribution in [0, 0.1) is 0 Å². The first kappa shape index (κ1) is 18.7. The number of hydrogen-bond donors (Lipinski definition) is 1. The lowest BCUT2D eigenvalue weighted by Crippen LogP contribution is -2.42. The molecule has 27 heavy (non-hydrogen) atoms. The summed E-state index contributed by atoms with van der Waals surface area (Å²) in [6.07, 6.45) is 3.92. The van der Waals surface area contributed by atoms with E-state index in [0.717, 1.165) is 5.56 Å². The number of para-hydroxylation sites is 1. The van der Waals surface area contributed by atoms with E-state index in [1.165, 1.54) is 23.9 Å². The number of nitrogens with zero attached hydrogens (tertiary/aromatic N) is 2. The number of fused-ring (bicyclic) bond motifs is 1. The fourth-order valence-electron chi connectivity index (χ4n) is 3.32. The number of nitrogens with one attached hydrogen (secondary N) is 1. The average Bonchev–Trinajstić information content (AvgIpc) is 2.65. The van der Waals surface area contributed by atoms with Crippen molar-refractivity contribution in [2.75, 3.05) is 19.1 Å². The number of methoxy groups -OCH3 is 1. The largest absolute Gasteiger partial charge is 0.496 e. The first-order valence-electron chi connectivity index (χ1n) is 8.87. The van der Waals surface area contributed by atoms with Crippen molar-refractivity contribution in [3.05, 3.63) is 65.2 Å². The van der Waals surface area contributed by atoms with Crippen LogP contribution in [0.3, 0.4) is 0 Å². The van der Waals surface area contributed by atoms with Crippen molar-refractivity contribution >= 4 is 23.4 Å². The van der Waals surface area contributed by atoms with E-state index >= 15 is 0 Å². The Balaban J connectivity index is 1.78. The van der Waals surface area contributed by atoms with E-state index < -0.39 is 0 Å². The quantitative estimate of drug-likeness (QED) is 0.657. The number of carbonyl (C=O) groups excluding carboxylic acids is 1. The molecule has 1 amide bonds. The minimum atomic E-state index is -0.306. The van der Waals surface area contributed by atoms with Gasteiger partial charge in [-0.1, -0.05) is 24.3 Å². The van der Waals surface area contributed by atoms with Gasteiger partial charge < -0.3 is 9.64 Å². The molecule has 1 N–H and O–H groups in total. The third kappa shape index (κ3) is 3.72. The number of amides is 1. The van der Waals surface area contributed by atoms with Crippen LogP contribution in [0.1, 0.15) is 42.3 Å². The van der Waals surface area contributed by atoms with Gasteiger partial charge in [0.15, 0.2) is 0 Å². The van der Waals surface area contributed by atoms with Crippen LogP contribution in [0.2, 0.25) is 0 Å². The molecule has 0 unspecified atom stereocenters. The number of allylic oxidation sites excluding steroid dienone is 1. The number of anilines is 1. The fourth-order valence-corrected chi connectivity index (χ4v) is 3.32. The number of hydrogen-bond acceptors (Lipinski definition) is 4. The summed E-state index contributed by atoms with van der Waals surface area (Å²) in [6, 6.07) is 13.2. The maximum atomic E-state index is 12.3. The highest BCUT2D eigenvalue weighted by molar-refractivity contribution is 5.97. The lowest BCUT2D eigenvalue weighted by Gasteiger charge is -2.40. The lowest BCUT2D eigenvalue weighted by molar-refractivity contribution is 0.0952. The molecule has 0 saturated carbocycles. The smallest absolute Gasteiger partial charge is 0.275 e. The summed E-state index contributed by atoms with van der Waals surface area (Å²) in [5, 5.41) is 4.10. The summed E-state index contributed by atoms with van der Waals surface area (Å²) in [5.74, 6) is 0.213. The molecule has 0 fully saturated rings. The van der Waals surface area contributed by atoms with E-state index in [0.29, 0.717) is 11.3 Å². The second-order valence-electron chi connectivity index (χ2n) is 7.22. The highest BCUT2D eigenvalue weighted by atomic mass is 16.5. The van der Waals surface area contributed by atoms with Crippen LogP contribution >= 0.6 is 0 Å². The number of benzene rings is 2. The number of likely N-dealkylation sites (N-methyl/N-ethyl adjacent to an activating group) is 1. The fraction of sp³-hybridized carbons (Fsp3) is 0.273. The number of ether oxygens (including phenoxy) is 1. The third-order valence-electron chi connectivity index (χ3n) is 4.97. The van der Waals surface area contributed by atoms with Crippen molar-refractivity contribution in [3.8, 4) is 5.75 Å². The highest BCUT2D eigenvalue weighted by Gasteiger charge is 2.28. The molecule has 0 aromatic heterocycles. The normalized spacial score (nSPS) is 15.3. The zero-order chi connectivity index (χ0) is 19.6. The Labute approximate surface area is 160 Å². The van der Waals surface area contributed by atoms with E-state index in [1.807, 2.05) is 12.1 Å². The van der Waals surface area contributed by atoms with Gasteiger partial charge in [-0.15, -0.1) is 0 Å². The molecule has 5 nitrogen and oxygen atoms in total. The Morgan fingerprint density at radius 3 is 2.70 bits per heavy atom. The molecule has 0 atom stereocenters. The molecular formula is C22H25N3O2. The summed E-state index contributed by atoms with van der Waals surface area (Å²) >= 11 is 0. The monoisotopic (exact) mass is 363 g/mol. The predicted molar refractivity (Wildman–Crippen MR) is 111 cm³/mol. The average molecular weight is 363 g/mol. The van der Waals surface area contributed by atoms with Gasteiger partial charge in [-0.25, -0.2) is 5.43 Å². The van der Waals surface area contributed by atoms with Crippen LogP contribution in [0.15, 0.2) is 53.6 Å². The lowest BCUT2D eigenvalue weighted by atomic mass is 9.89. The molecule has 5 heteroatoms. The molecule has 0 radical (unpaired) electrons. The Morgan fingerprint density at radius 1 is 1.22 bits per heavy atom. The predicted octanol–water partition coefficient (Wildman–Crippen LogP) is 4.09. The second-order valence-corrected chi connectivity index (χ2v) is 7.22. The van der Waals surface area contributed by atoms with Crippen molar-refractivity contribution in [2.45, 2.75) is 26.3 Å². The SMILES string of the molecule is COc1ccccc1C(=O)N/N=C\c1ccc2c(c1)C(C)=CC(C)(C)N2C. The van der Waals surface area contributed by atoms with Gasteiger partial charge in [-0.3, -0.25) is 4.79 Å². The molecule has 3 rings (SSSR count). The van der Waals surface area contributed by atoms with E-state index in [-0.39, 0.29) is 11.4 Å². The van der Waals surface area contributed by atoms with E-state index in [2.05, 4.69) is 61.5 Å². The first-order valence-corrected chi connectivity index (χ1v) is 8.87. The molecule has 140 valence electrons. The van der Waals surface area contributed by atoms with Crippen molar-refractivity contribution < 1.29 is 9.53 Å². The highest BCUT2D eigenvalue weighted by Crippen LogP contribution is 2.37. The van der Waals surface area contributed by atoms with Crippen LogP contribution in [0.4, 0.5) is 5.69 Å². The van der Waals surface area contributed by atoms with Crippen LogP contribution < -0.4 is 15.1 Å². The number of carbonyl (C=O) groups is 1. The van der Waals surface area contributed by atoms with Gasteiger partial charge in [-0.2, -0.15) is 5.10 Å². The molecule has 1 aliphatic rings. The van der Waals surface area contributed by atoms with Crippen molar-refractivity contribution in [1.82, 2.24) is 5.43 Å². The van der Waals surface area contributed by atoms with Gasteiger partial charge in [0.2, 0.25) is 0 Å². The van der Waals surface area contributed by atoms with Crippen LogP contribution in [0.5, 0.6) is 5.75 Å². The zero-order valence-electron chi connectivity index (χ0n) is 16.4. The molecule has 0 bridgehead atoms. The van der Waals surface area contributed by atoms with E-state index in [9.17, 15) is 4.79 Å². The van der Waals surface area contributed by atoms with Gasteiger partial charge in [0.25, 0.3) is 5.91 Å². The number of rotatable bonds is 4. The summed E-state index contributed by atoms with van der Waals surface area (Å²) in [6.45, 7) is 6.52. The summed E-state index contributed by atoms with van der Waals surface area (Å²) in [7, 11) is 3.64. The van der Waals surface area contributed by atoms with Gasteiger partial charge in [0.05, 0.1) is 24.4 Å². The Hall–Kier alpha value is -3.08. The van der Waals surface area contributed by atoms with E-state index in [1.54, 1.807) is 24.4 Å². The van der Waals surface area contributed by atoms with Gasteiger partial charge in [0.1, 0.15) is 5.75 Å². The standard InChI is InChI=1S/C22H25N3O2/c1-15-13-22(2,3)25(4)19-11-10-16(12-18(15)19)14-23-24-21(26)17-8-6-7-9-20(17)27-5/h6-14H,1-5H3,(H,24,26)/b23-14-. The van der Waals surface area contributed by atoms with Crippen LogP contribution in [0.25, 0.3) is 5.57 Å². The van der Waals surface area contributed by atoms with Crippen molar-refractivity contribution in [2.24, 2.45) is 5.10 Å². The second kappa shape index (κ2) is 7.27. The van der Waals surface area contributed by atoms with Gasteiger partial charge in [-0.05, 0) is 56.2 Å². The van der Waals surface area contributed by atoms with Crippen LogP contribution in [-0.4, -0.2) is 31.8 Å². The molecule has 2 aromatic rings. The third-order valence-corrected chi connectivity index (χ3v) is 4.97. The summed E-state index contributed by atoms with van der Waals surface area (Å²) in [4.78, 5) is 14.6. The minimum Gasteiger partial charge on any atom is -0.496 e. The Bertz CT molecular complexity index is 929.